The van der Waals surface area contributed by atoms with Crippen molar-refractivity contribution in [3.63, 3.8) is 0 Å². The second-order valence-electron chi connectivity index (χ2n) is 13.8. The Bertz CT molecular complexity index is 413. The molecule has 0 aromatic carbocycles. The zero-order valence-corrected chi connectivity index (χ0v) is 29.4. The van der Waals surface area contributed by atoms with Gasteiger partial charge in [0.15, 0.2) is 0 Å². The molecule has 1 nitrogen and oxygen atoms in total. The summed E-state index contributed by atoms with van der Waals surface area (Å²) in [5.74, 6) is 1.45. The summed E-state index contributed by atoms with van der Waals surface area (Å²) in [4.78, 5) is 0. The molecule has 0 saturated carbocycles. The lowest BCUT2D eigenvalue weighted by Crippen LogP contribution is -2.24. The van der Waals surface area contributed by atoms with Crippen LogP contribution in [0.1, 0.15) is 220 Å². The van der Waals surface area contributed by atoms with Gasteiger partial charge in [-0.2, -0.15) is 0 Å². The van der Waals surface area contributed by atoms with Crippen molar-refractivity contribution in [3.8, 4) is 0 Å². The van der Waals surface area contributed by atoms with Gasteiger partial charge in [-0.1, -0.05) is 207 Å². The maximum Gasteiger partial charge on any atom is 0.0164 e. The van der Waals surface area contributed by atoms with E-state index in [0.717, 1.165) is 24.9 Å². The Morgan fingerprint density at radius 3 is 0.775 bits per heavy atom. The standard InChI is InChI=1S/C38H78ClN/c1-5-7-9-11-13-15-17-19-21-23-25-27-29-31-33-37(3)35-40(39)36-38(4)34-32-30-28-26-24-22-20-18-16-14-12-10-8-6-2/h37-38H,5-36H2,1-4H3. The van der Waals surface area contributed by atoms with E-state index in [0.29, 0.717) is 0 Å². The maximum atomic E-state index is 6.63. The Morgan fingerprint density at radius 1 is 0.350 bits per heavy atom. The van der Waals surface area contributed by atoms with Gasteiger partial charge in [-0.25, -0.2) is 4.42 Å². The van der Waals surface area contributed by atoms with Crippen molar-refractivity contribution in [1.29, 1.82) is 0 Å². The van der Waals surface area contributed by atoms with Gasteiger partial charge in [0.25, 0.3) is 0 Å². The third-order valence-electron chi connectivity index (χ3n) is 9.12. The molecule has 0 aliphatic carbocycles. The highest BCUT2D eigenvalue weighted by Crippen LogP contribution is 2.19. The molecule has 40 heavy (non-hydrogen) atoms. The van der Waals surface area contributed by atoms with Crippen LogP contribution in [0, 0.1) is 11.8 Å². The second-order valence-corrected chi connectivity index (χ2v) is 14.3. The normalized spacial score (nSPS) is 13.3. The van der Waals surface area contributed by atoms with Gasteiger partial charge in [-0.15, -0.1) is 0 Å². The topological polar surface area (TPSA) is 3.24 Å². The number of hydrogen-bond donors (Lipinski definition) is 0. The van der Waals surface area contributed by atoms with Gasteiger partial charge in [-0.3, -0.25) is 0 Å². The summed E-state index contributed by atoms with van der Waals surface area (Å²) in [5, 5.41) is 0. The van der Waals surface area contributed by atoms with Gasteiger partial charge in [0.05, 0.1) is 0 Å². The summed E-state index contributed by atoms with van der Waals surface area (Å²) in [6.07, 6.45) is 43.1. The zero-order chi connectivity index (χ0) is 29.4. The fourth-order valence-corrected chi connectivity index (χ4v) is 6.78. The molecule has 0 N–H and O–H groups in total. The Morgan fingerprint density at radius 2 is 0.550 bits per heavy atom. The van der Waals surface area contributed by atoms with Crippen LogP contribution < -0.4 is 0 Å². The molecule has 0 aromatic rings. The largest absolute Gasteiger partial charge is 0.220 e. The van der Waals surface area contributed by atoms with Gasteiger partial charge < -0.3 is 0 Å². The molecule has 0 radical (unpaired) electrons. The fraction of sp³-hybridized carbons (Fsp3) is 1.00. The Balaban J connectivity index is 3.39. The van der Waals surface area contributed by atoms with Crippen LogP contribution in [0.25, 0.3) is 0 Å². The Labute approximate surface area is 260 Å². The lowest BCUT2D eigenvalue weighted by atomic mass is 9.99. The van der Waals surface area contributed by atoms with E-state index < -0.39 is 0 Å². The summed E-state index contributed by atoms with van der Waals surface area (Å²) < 4.78 is 2.10. The minimum absolute atomic E-state index is 0.725. The Hall–Kier alpha value is 0.250. The van der Waals surface area contributed by atoms with Gasteiger partial charge in [-0.05, 0) is 36.5 Å². The molecule has 0 aliphatic heterocycles. The van der Waals surface area contributed by atoms with Crippen molar-refractivity contribution >= 4 is 11.8 Å². The van der Waals surface area contributed by atoms with Crippen LogP contribution in [-0.4, -0.2) is 17.5 Å². The van der Waals surface area contributed by atoms with Crippen LogP contribution in [0.4, 0.5) is 0 Å². The summed E-state index contributed by atoms with van der Waals surface area (Å²) in [6, 6.07) is 0. The van der Waals surface area contributed by atoms with E-state index in [9.17, 15) is 0 Å². The molecule has 0 bridgehead atoms. The van der Waals surface area contributed by atoms with E-state index in [2.05, 4.69) is 32.1 Å². The molecule has 0 fully saturated rings. The average Bonchev–Trinajstić information content (AvgIpc) is 2.93. The molecule has 2 unspecified atom stereocenters. The van der Waals surface area contributed by atoms with Crippen LogP contribution >= 0.6 is 11.8 Å². The van der Waals surface area contributed by atoms with Crippen molar-refractivity contribution in [1.82, 2.24) is 4.42 Å². The summed E-state index contributed by atoms with van der Waals surface area (Å²) in [6.45, 7) is 11.5. The number of hydrogen-bond acceptors (Lipinski definition) is 1. The smallest absolute Gasteiger partial charge is 0.0164 e. The number of nitrogens with zero attached hydrogens (tertiary/aromatic N) is 1. The van der Waals surface area contributed by atoms with Crippen LogP contribution in [0.5, 0.6) is 0 Å². The molecular weight excluding hydrogens is 506 g/mol. The van der Waals surface area contributed by atoms with Crippen molar-refractivity contribution in [3.05, 3.63) is 0 Å². The molecule has 0 aliphatic rings. The highest BCUT2D eigenvalue weighted by atomic mass is 35.5. The van der Waals surface area contributed by atoms with Crippen LogP contribution in [0.2, 0.25) is 0 Å². The van der Waals surface area contributed by atoms with E-state index in [1.54, 1.807) is 0 Å². The summed E-state index contributed by atoms with van der Waals surface area (Å²) in [5.41, 5.74) is 0. The van der Waals surface area contributed by atoms with E-state index in [1.165, 1.54) is 193 Å². The predicted molar refractivity (Wildman–Crippen MR) is 186 cm³/mol. The minimum Gasteiger partial charge on any atom is -0.220 e. The van der Waals surface area contributed by atoms with Crippen molar-refractivity contribution in [2.75, 3.05) is 13.1 Å². The molecule has 0 heterocycles. The van der Waals surface area contributed by atoms with Crippen LogP contribution in [-0.2, 0) is 0 Å². The Kier molecular flexibility index (Phi) is 34.0. The first-order valence-corrected chi connectivity index (χ1v) is 19.3. The lowest BCUT2D eigenvalue weighted by molar-refractivity contribution is 0.306. The van der Waals surface area contributed by atoms with Crippen molar-refractivity contribution in [2.45, 2.75) is 220 Å². The molecular formula is C38H78ClN. The first-order valence-electron chi connectivity index (χ1n) is 19.0. The maximum absolute atomic E-state index is 6.63. The molecule has 242 valence electrons. The molecule has 2 heteroatoms. The van der Waals surface area contributed by atoms with Crippen LogP contribution in [0.15, 0.2) is 0 Å². The van der Waals surface area contributed by atoms with E-state index in [-0.39, 0.29) is 0 Å². The van der Waals surface area contributed by atoms with Gasteiger partial charge in [0.2, 0.25) is 0 Å². The molecule has 0 spiro atoms. The first kappa shape index (κ1) is 40.2. The van der Waals surface area contributed by atoms with Crippen molar-refractivity contribution in [2.24, 2.45) is 11.8 Å². The molecule has 0 saturated heterocycles. The van der Waals surface area contributed by atoms with E-state index in [1.807, 2.05) is 0 Å². The van der Waals surface area contributed by atoms with Crippen LogP contribution in [0.3, 0.4) is 0 Å². The third kappa shape index (κ3) is 32.8. The molecule has 0 rings (SSSR count). The number of rotatable bonds is 34. The van der Waals surface area contributed by atoms with Crippen molar-refractivity contribution < 1.29 is 0 Å². The number of halogens is 1. The SMILES string of the molecule is CCCCCCCCCCCCCCCCC(C)CN(Cl)CC(C)CCCCCCCCCCCCCCCC. The summed E-state index contributed by atoms with van der Waals surface area (Å²) >= 11 is 6.63. The summed E-state index contributed by atoms with van der Waals surface area (Å²) in [7, 11) is 0. The van der Waals surface area contributed by atoms with Gasteiger partial charge >= 0.3 is 0 Å². The number of unbranched alkanes of at least 4 members (excludes halogenated alkanes) is 26. The highest BCUT2D eigenvalue weighted by Gasteiger charge is 2.12. The molecule has 0 aromatic heterocycles. The highest BCUT2D eigenvalue weighted by molar-refractivity contribution is 6.13. The first-order chi connectivity index (χ1) is 19.6. The third-order valence-corrected chi connectivity index (χ3v) is 9.40. The predicted octanol–water partition coefficient (Wildman–Crippen LogP) is 14.5. The lowest BCUT2D eigenvalue weighted by Gasteiger charge is -2.22. The monoisotopic (exact) mass is 584 g/mol. The fourth-order valence-electron chi connectivity index (χ4n) is 6.31. The minimum atomic E-state index is 0.725. The average molecular weight is 585 g/mol. The van der Waals surface area contributed by atoms with E-state index >= 15 is 0 Å². The zero-order valence-electron chi connectivity index (χ0n) is 28.6. The quantitative estimate of drug-likeness (QED) is 0.0537. The molecule has 2 atom stereocenters. The van der Waals surface area contributed by atoms with E-state index in [4.69, 9.17) is 11.8 Å². The molecule has 0 amide bonds. The van der Waals surface area contributed by atoms with Gasteiger partial charge in [0.1, 0.15) is 0 Å². The van der Waals surface area contributed by atoms with Gasteiger partial charge in [0, 0.05) is 13.1 Å². The second kappa shape index (κ2) is 33.7.